The van der Waals surface area contributed by atoms with Crippen LogP contribution in [0.3, 0.4) is 0 Å². The monoisotopic (exact) mass is 496 g/mol. The van der Waals surface area contributed by atoms with Crippen molar-refractivity contribution in [2.24, 2.45) is 0 Å². The number of likely N-dealkylation sites (tertiary alicyclic amines) is 1. The quantitative estimate of drug-likeness (QED) is 0.364. The molecular weight excluding hydrogens is 464 g/mol. The van der Waals surface area contributed by atoms with E-state index < -0.39 is 10.0 Å². The molecule has 0 aromatic heterocycles. The predicted molar refractivity (Wildman–Crippen MR) is 140 cm³/mol. The second-order valence-corrected chi connectivity index (χ2v) is 11.6. The van der Waals surface area contributed by atoms with Crippen molar-refractivity contribution in [1.29, 1.82) is 0 Å². The summed E-state index contributed by atoms with van der Waals surface area (Å²) in [5.41, 5.74) is 2.52. The van der Waals surface area contributed by atoms with Gasteiger partial charge in [-0.05, 0) is 86.1 Å². The number of sulfonamides is 1. The summed E-state index contributed by atoms with van der Waals surface area (Å²) in [6, 6.07) is 27.3. The topological polar surface area (TPSA) is 40.6 Å². The first-order valence-corrected chi connectivity index (χ1v) is 13.8. The van der Waals surface area contributed by atoms with Gasteiger partial charge in [0.25, 0.3) is 0 Å². The van der Waals surface area contributed by atoms with Crippen LogP contribution in [0.4, 0.5) is 0 Å². The van der Waals surface area contributed by atoms with Crippen LogP contribution in [0.25, 0.3) is 0 Å². The zero-order chi connectivity index (χ0) is 24.0. The van der Waals surface area contributed by atoms with Gasteiger partial charge in [0, 0.05) is 18.6 Å². The Morgan fingerprint density at radius 3 is 2.24 bits per heavy atom. The first-order valence-electron chi connectivity index (χ1n) is 12.0. The summed E-state index contributed by atoms with van der Waals surface area (Å²) in [7, 11) is -1.87. The van der Waals surface area contributed by atoms with Crippen molar-refractivity contribution >= 4 is 21.6 Å². The zero-order valence-corrected chi connectivity index (χ0v) is 21.3. The average molecular weight is 497 g/mol. The summed E-state index contributed by atoms with van der Waals surface area (Å²) in [5, 5.41) is 0.680. The normalized spacial score (nSPS) is 16.6. The van der Waals surface area contributed by atoms with E-state index in [4.69, 9.17) is 11.6 Å². The van der Waals surface area contributed by atoms with E-state index in [1.54, 1.807) is 31.3 Å². The fourth-order valence-electron chi connectivity index (χ4n) is 4.86. The van der Waals surface area contributed by atoms with Crippen LogP contribution in [0.15, 0.2) is 89.8 Å². The highest BCUT2D eigenvalue weighted by Gasteiger charge is 2.26. The fraction of sp³-hybridized carbons (Fsp3) is 0.357. The van der Waals surface area contributed by atoms with Gasteiger partial charge in [-0.3, -0.25) is 0 Å². The summed E-state index contributed by atoms with van der Waals surface area (Å²) in [5.74, 6) is 0.692. The molecule has 3 aromatic carbocycles. The molecule has 0 spiro atoms. The predicted octanol–water partition coefficient (Wildman–Crippen LogP) is 6.01. The minimum absolute atomic E-state index is 0.0639. The molecule has 4 nitrogen and oxygen atoms in total. The molecule has 4 rings (SSSR count). The Labute approximate surface area is 209 Å². The maximum Gasteiger partial charge on any atom is 0.242 e. The molecule has 1 aliphatic heterocycles. The van der Waals surface area contributed by atoms with Gasteiger partial charge in [0.05, 0.1) is 4.90 Å². The Bertz CT molecular complexity index is 1150. The molecule has 1 atom stereocenters. The van der Waals surface area contributed by atoms with Gasteiger partial charge in [-0.2, -0.15) is 0 Å². The molecule has 0 aliphatic carbocycles. The number of rotatable bonds is 9. The molecule has 0 bridgehead atoms. The molecule has 0 N–H and O–H groups in total. The molecule has 6 heteroatoms. The summed E-state index contributed by atoms with van der Waals surface area (Å²) in [4.78, 5) is 2.84. The SMILES string of the molecule is CN(C[C@@H](CCN1CCC(c2ccccc2)CC1)c1cccc(Cl)c1)S(=O)(=O)c1ccccc1. The molecule has 1 heterocycles. The Morgan fingerprint density at radius 2 is 1.59 bits per heavy atom. The number of likely N-dealkylation sites (N-methyl/N-ethyl adjacent to an activating group) is 1. The lowest BCUT2D eigenvalue weighted by Crippen LogP contribution is -2.36. The third kappa shape index (κ3) is 6.28. The van der Waals surface area contributed by atoms with Crippen molar-refractivity contribution in [1.82, 2.24) is 9.21 Å². The lowest BCUT2D eigenvalue weighted by atomic mass is 9.89. The van der Waals surface area contributed by atoms with E-state index in [2.05, 4.69) is 41.3 Å². The minimum Gasteiger partial charge on any atom is -0.303 e. The number of hydrogen-bond donors (Lipinski definition) is 0. The largest absolute Gasteiger partial charge is 0.303 e. The third-order valence-corrected chi connectivity index (χ3v) is 8.97. The van der Waals surface area contributed by atoms with E-state index in [0.29, 0.717) is 22.4 Å². The maximum absolute atomic E-state index is 13.1. The maximum atomic E-state index is 13.1. The molecule has 1 aliphatic rings. The van der Waals surface area contributed by atoms with Crippen molar-refractivity contribution in [3.8, 4) is 0 Å². The zero-order valence-electron chi connectivity index (χ0n) is 19.7. The number of halogens is 1. The van der Waals surface area contributed by atoms with E-state index in [1.807, 2.05) is 24.3 Å². The third-order valence-electron chi connectivity index (χ3n) is 6.90. The van der Waals surface area contributed by atoms with Gasteiger partial charge in [0.1, 0.15) is 0 Å². The van der Waals surface area contributed by atoms with Crippen molar-refractivity contribution < 1.29 is 8.42 Å². The summed E-state index contributed by atoms with van der Waals surface area (Å²) in [6.45, 7) is 3.50. The van der Waals surface area contributed by atoms with Gasteiger partial charge in [-0.1, -0.05) is 72.3 Å². The van der Waals surface area contributed by atoms with Gasteiger partial charge in [0.15, 0.2) is 0 Å². The van der Waals surface area contributed by atoms with Crippen LogP contribution in [-0.2, 0) is 10.0 Å². The van der Waals surface area contributed by atoms with Crippen LogP contribution >= 0.6 is 11.6 Å². The number of hydrogen-bond acceptors (Lipinski definition) is 3. The summed E-state index contributed by atoms with van der Waals surface area (Å²) < 4.78 is 27.7. The van der Waals surface area contributed by atoms with Crippen LogP contribution in [0.1, 0.15) is 42.2 Å². The van der Waals surface area contributed by atoms with Crippen molar-refractivity contribution in [3.05, 3.63) is 101 Å². The van der Waals surface area contributed by atoms with E-state index in [0.717, 1.165) is 44.5 Å². The molecule has 1 saturated heterocycles. The van der Waals surface area contributed by atoms with Crippen LogP contribution < -0.4 is 0 Å². The second-order valence-electron chi connectivity index (χ2n) is 9.17. The molecule has 34 heavy (non-hydrogen) atoms. The van der Waals surface area contributed by atoms with Gasteiger partial charge >= 0.3 is 0 Å². The fourth-order valence-corrected chi connectivity index (χ4v) is 6.29. The van der Waals surface area contributed by atoms with Gasteiger partial charge in [-0.25, -0.2) is 12.7 Å². The Morgan fingerprint density at radius 1 is 0.941 bits per heavy atom. The first-order chi connectivity index (χ1) is 16.4. The Kier molecular flexibility index (Phi) is 8.43. The standard InChI is InChI=1S/C28H33ClN2O2S/c1-30(34(32,33)28-13-6-3-7-14-28)22-26(25-11-8-12-27(29)21-25)17-20-31-18-15-24(16-19-31)23-9-4-2-5-10-23/h2-14,21,24,26H,15-20,22H2,1H3/t26-/m1/s1. The van der Waals surface area contributed by atoms with Crippen LogP contribution in [0, 0.1) is 0 Å². The molecule has 3 aromatic rings. The lowest BCUT2D eigenvalue weighted by molar-refractivity contribution is 0.203. The highest BCUT2D eigenvalue weighted by Crippen LogP contribution is 2.30. The van der Waals surface area contributed by atoms with Gasteiger partial charge in [0.2, 0.25) is 10.0 Å². The van der Waals surface area contributed by atoms with E-state index in [9.17, 15) is 8.42 Å². The Hall–Kier alpha value is -2.18. The van der Waals surface area contributed by atoms with Gasteiger partial charge in [-0.15, -0.1) is 0 Å². The lowest BCUT2D eigenvalue weighted by Gasteiger charge is -2.33. The smallest absolute Gasteiger partial charge is 0.242 e. The molecule has 0 radical (unpaired) electrons. The molecule has 0 unspecified atom stereocenters. The summed E-state index contributed by atoms with van der Waals surface area (Å²) in [6.07, 6.45) is 3.20. The van der Waals surface area contributed by atoms with Crippen LogP contribution in [0.2, 0.25) is 5.02 Å². The van der Waals surface area contributed by atoms with E-state index in [-0.39, 0.29) is 5.92 Å². The molecule has 0 amide bonds. The number of piperidine rings is 1. The minimum atomic E-state index is -3.55. The first kappa shape index (κ1) is 24.9. The average Bonchev–Trinajstić information content (AvgIpc) is 2.87. The molecular formula is C28H33ClN2O2S. The number of nitrogens with zero attached hydrogens (tertiary/aromatic N) is 2. The molecule has 180 valence electrons. The van der Waals surface area contributed by atoms with Crippen LogP contribution in [-0.4, -0.2) is 50.8 Å². The van der Waals surface area contributed by atoms with Crippen molar-refractivity contribution in [3.63, 3.8) is 0 Å². The highest BCUT2D eigenvalue weighted by molar-refractivity contribution is 7.89. The van der Waals surface area contributed by atoms with E-state index in [1.165, 1.54) is 9.87 Å². The van der Waals surface area contributed by atoms with Crippen LogP contribution in [0.5, 0.6) is 0 Å². The number of benzene rings is 3. The molecule has 0 saturated carbocycles. The molecule has 1 fully saturated rings. The van der Waals surface area contributed by atoms with Gasteiger partial charge < -0.3 is 4.90 Å². The Balaban J connectivity index is 1.42. The summed E-state index contributed by atoms with van der Waals surface area (Å²) >= 11 is 6.29. The second kappa shape index (κ2) is 11.5. The van der Waals surface area contributed by atoms with E-state index >= 15 is 0 Å². The highest BCUT2D eigenvalue weighted by atomic mass is 35.5. The van der Waals surface area contributed by atoms with Crippen molar-refractivity contribution in [2.75, 3.05) is 33.2 Å². The van der Waals surface area contributed by atoms with Crippen molar-refractivity contribution in [2.45, 2.75) is 36.0 Å².